The molecule has 0 aromatic rings. The van der Waals surface area contributed by atoms with Crippen molar-refractivity contribution in [3.63, 3.8) is 0 Å². The van der Waals surface area contributed by atoms with E-state index in [0.717, 1.165) is 5.92 Å². The Bertz CT molecular complexity index is 135. The van der Waals surface area contributed by atoms with Crippen LogP contribution in [-0.2, 0) is 0 Å². The summed E-state index contributed by atoms with van der Waals surface area (Å²) in [4.78, 5) is 5.05. The third-order valence-electron chi connectivity index (χ3n) is 3.60. The summed E-state index contributed by atoms with van der Waals surface area (Å²) >= 11 is 0. The lowest BCUT2D eigenvalue weighted by molar-refractivity contribution is 0.146. The van der Waals surface area contributed by atoms with E-state index in [-0.39, 0.29) is 0 Å². The fourth-order valence-corrected chi connectivity index (χ4v) is 2.13. The Hall–Kier alpha value is -0.0800. The van der Waals surface area contributed by atoms with Crippen LogP contribution in [0.1, 0.15) is 33.1 Å². The predicted molar refractivity (Wildman–Crippen MR) is 62.6 cm³/mol. The molecular weight excluding hydrogens is 172 g/mol. The minimum atomic E-state index is 0.953. The van der Waals surface area contributed by atoms with Gasteiger partial charge in [-0.3, -0.25) is 0 Å². The SMILES string of the molecule is CCC(CC)CCN1CCN(C)CC1. The van der Waals surface area contributed by atoms with Crippen LogP contribution >= 0.6 is 0 Å². The van der Waals surface area contributed by atoms with Crippen LogP contribution in [0, 0.1) is 5.92 Å². The molecule has 0 N–H and O–H groups in total. The first-order valence-electron chi connectivity index (χ1n) is 6.17. The summed E-state index contributed by atoms with van der Waals surface area (Å²) < 4.78 is 0. The summed E-state index contributed by atoms with van der Waals surface area (Å²) in [7, 11) is 2.22. The third-order valence-corrected chi connectivity index (χ3v) is 3.60. The zero-order valence-corrected chi connectivity index (χ0v) is 10.1. The summed E-state index contributed by atoms with van der Waals surface area (Å²) in [6, 6.07) is 0. The molecule has 0 aromatic heterocycles. The van der Waals surface area contributed by atoms with Gasteiger partial charge in [-0.2, -0.15) is 0 Å². The Kier molecular flexibility index (Phi) is 5.49. The van der Waals surface area contributed by atoms with Gasteiger partial charge in [0.05, 0.1) is 0 Å². The molecule has 0 saturated carbocycles. The second-order valence-corrected chi connectivity index (χ2v) is 4.62. The Morgan fingerprint density at radius 1 is 1.00 bits per heavy atom. The molecule has 0 radical (unpaired) electrons. The first-order chi connectivity index (χ1) is 6.76. The van der Waals surface area contributed by atoms with Gasteiger partial charge in [0.25, 0.3) is 0 Å². The lowest BCUT2D eigenvalue weighted by Crippen LogP contribution is -2.44. The van der Waals surface area contributed by atoms with E-state index in [1.54, 1.807) is 0 Å². The number of hydrogen-bond donors (Lipinski definition) is 0. The lowest BCUT2D eigenvalue weighted by atomic mass is 9.99. The highest BCUT2D eigenvalue weighted by molar-refractivity contribution is 4.70. The van der Waals surface area contributed by atoms with E-state index in [2.05, 4.69) is 30.7 Å². The molecule has 0 amide bonds. The Morgan fingerprint density at radius 2 is 1.57 bits per heavy atom. The van der Waals surface area contributed by atoms with Gasteiger partial charge in [-0.05, 0) is 25.9 Å². The molecule has 1 saturated heterocycles. The average Bonchev–Trinajstić information content (AvgIpc) is 2.22. The molecule has 2 heteroatoms. The van der Waals surface area contributed by atoms with E-state index in [1.807, 2.05) is 0 Å². The molecule has 1 aliphatic heterocycles. The smallest absolute Gasteiger partial charge is 0.0110 e. The molecule has 1 rings (SSSR count). The van der Waals surface area contributed by atoms with Crippen LogP contribution in [0.5, 0.6) is 0 Å². The highest BCUT2D eigenvalue weighted by atomic mass is 15.2. The third kappa shape index (κ3) is 3.97. The molecule has 1 heterocycles. The number of likely N-dealkylation sites (N-methyl/N-ethyl adjacent to an activating group) is 1. The summed E-state index contributed by atoms with van der Waals surface area (Å²) in [6.45, 7) is 11.0. The molecule has 1 fully saturated rings. The van der Waals surface area contributed by atoms with Gasteiger partial charge in [0.2, 0.25) is 0 Å². The number of rotatable bonds is 5. The molecule has 0 spiro atoms. The number of hydrogen-bond acceptors (Lipinski definition) is 2. The monoisotopic (exact) mass is 198 g/mol. The summed E-state index contributed by atoms with van der Waals surface area (Å²) in [5.41, 5.74) is 0. The molecule has 1 aliphatic rings. The van der Waals surface area contributed by atoms with Gasteiger partial charge in [0.1, 0.15) is 0 Å². The van der Waals surface area contributed by atoms with Crippen LogP contribution in [0.25, 0.3) is 0 Å². The first-order valence-corrected chi connectivity index (χ1v) is 6.17. The summed E-state index contributed by atoms with van der Waals surface area (Å²) in [5, 5.41) is 0. The van der Waals surface area contributed by atoms with Crippen molar-refractivity contribution in [2.45, 2.75) is 33.1 Å². The molecule has 14 heavy (non-hydrogen) atoms. The van der Waals surface area contributed by atoms with Crippen LogP contribution in [0.4, 0.5) is 0 Å². The van der Waals surface area contributed by atoms with E-state index in [0.29, 0.717) is 0 Å². The highest BCUT2D eigenvalue weighted by Crippen LogP contribution is 2.13. The molecule has 84 valence electrons. The standard InChI is InChI=1S/C12H26N2/c1-4-12(5-2)6-7-14-10-8-13(3)9-11-14/h12H,4-11H2,1-3H3. The number of nitrogens with zero attached hydrogens (tertiary/aromatic N) is 2. The molecular formula is C12H26N2. The summed E-state index contributed by atoms with van der Waals surface area (Å²) in [6.07, 6.45) is 4.10. The molecule has 0 atom stereocenters. The van der Waals surface area contributed by atoms with Crippen LogP contribution in [0.3, 0.4) is 0 Å². The average molecular weight is 198 g/mol. The lowest BCUT2D eigenvalue weighted by Gasteiger charge is -2.33. The second-order valence-electron chi connectivity index (χ2n) is 4.62. The Morgan fingerprint density at radius 3 is 2.07 bits per heavy atom. The first kappa shape index (κ1) is 12.0. The van der Waals surface area contributed by atoms with E-state index >= 15 is 0 Å². The predicted octanol–water partition coefficient (Wildman–Crippen LogP) is 2.06. The normalized spacial score (nSPS) is 20.6. The number of piperazine rings is 1. The van der Waals surface area contributed by atoms with Gasteiger partial charge in [-0.15, -0.1) is 0 Å². The molecule has 0 unspecified atom stereocenters. The molecule has 0 aromatic carbocycles. The largest absolute Gasteiger partial charge is 0.304 e. The summed E-state index contributed by atoms with van der Waals surface area (Å²) in [5.74, 6) is 0.953. The second kappa shape index (κ2) is 6.41. The minimum Gasteiger partial charge on any atom is -0.304 e. The zero-order valence-electron chi connectivity index (χ0n) is 10.1. The van der Waals surface area contributed by atoms with Crippen molar-refractivity contribution in [2.24, 2.45) is 5.92 Å². The minimum absolute atomic E-state index is 0.953. The maximum Gasteiger partial charge on any atom is 0.0110 e. The van der Waals surface area contributed by atoms with Crippen molar-refractivity contribution in [3.8, 4) is 0 Å². The van der Waals surface area contributed by atoms with E-state index in [1.165, 1.54) is 52.0 Å². The molecule has 2 nitrogen and oxygen atoms in total. The fraction of sp³-hybridized carbons (Fsp3) is 1.00. The topological polar surface area (TPSA) is 6.48 Å². The van der Waals surface area contributed by atoms with Gasteiger partial charge in [-0.25, -0.2) is 0 Å². The van der Waals surface area contributed by atoms with Gasteiger partial charge >= 0.3 is 0 Å². The zero-order chi connectivity index (χ0) is 10.4. The Balaban J connectivity index is 2.12. The van der Waals surface area contributed by atoms with E-state index in [4.69, 9.17) is 0 Å². The molecule has 0 aliphatic carbocycles. The van der Waals surface area contributed by atoms with Crippen LogP contribution in [0.15, 0.2) is 0 Å². The molecule has 0 bridgehead atoms. The van der Waals surface area contributed by atoms with E-state index < -0.39 is 0 Å². The van der Waals surface area contributed by atoms with Gasteiger partial charge in [0.15, 0.2) is 0 Å². The van der Waals surface area contributed by atoms with Gasteiger partial charge in [-0.1, -0.05) is 26.7 Å². The van der Waals surface area contributed by atoms with Crippen molar-refractivity contribution in [1.29, 1.82) is 0 Å². The van der Waals surface area contributed by atoms with Crippen molar-refractivity contribution >= 4 is 0 Å². The highest BCUT2D eigenvalue weighted by Gasteiger charge is 2.14. The van der Waals surface area contributed by atoms with Crippen molar-refractivity contribution in [1.82, 2.24) is 9.80 Å². The van der Waals surface area contributed by atoms with Crippen molar-refractivity contribution < 1.29 is 0 Å². The van der Waals surface area contributed by atoms with Gasteiger partial charge in [0, 0.05) is 26.2 Å². The van der Waals surface area contributed by atoms with Crippen LogP contribution in [-0.4, -0.2) is 49.6 Å². The maximum atomic E-state index is 2.62. The Labute approximate surface area is 89.3 Å². The fourth-order valence-electron chi connectivity index (χ4n) is 2.13. The van der Waals surface area contributed by atoms with Crippen LogP contribution < -0.4 is 0 Å². The van der Waals surface area contributed by atoms with Crippen LogP contribution in [0.2, 0.25) is 0 Å². The van der Waals surface area contributed by atoms with Crippen molar-refractivity contribution in [3.05, 3.63) is 0 Å². The van der Waals surface area contributed by atoms with Crippen molar-refractivity contribution in [2.75, 3.05) is 39.8 Å². The quantitative estimate of drug-likeness (QED) is 0.667. The van der Waals surface area contributed by atoms with E-state index in [9.17, 15) is 0 Å². The van der Waals surface area contributed by atoms with Gasteiger partial charge < -0.3 is 9.80 Å². The maximum absolute atomic E-state index is 2.62.